The number of anilines is 2. The van der Waals surface area contributed by atoms with Crippen LogP contribution in [0.2, 0.25) is 0 Å². The highest BCUT2D eigenvalue weighted by atomic mass is 16.6. The van der Waals surface area contributed by atoms with Crippen molar-refractivity contribution in [2.75, 3.05) is 24.2 Å². The number of aliphatic hydroxyl groups is 3. The van der Waals surface area contributed by atoms with Crippen LogP contribution in [0.3, 0.4) is 0 Å². The van der Waals surface area contributed by atoms with Crippen LogP contribution >= 0.6 is 0 Å². The van der Waals surface area contributed by atoms with E-state index in [1.54, 1.807) is 0 Å². The third-order valence-corrected chi connectivity index (χ3v) is 4.07. The zero-order valence-corrected chi connectivity index (χ0v) is 13.8. The number of fused-ring (bicyclic) bond motifs is 1. The molecule has 1 aliphatic rings. The first-order valence-electron chi connectivity index (χ1n) is 7.93. The van der Waals surface area contributed by atoms with Gasteiger partial charge in [-0.3, -0.25) is 4.57 Å². The highest BCUT2D eigenvalue weighted by Gasteiger charge is 2.44. The van der Waals surface area contributed by atoms with Crippen LogP contribution in [0.1, 0.15) is 19.6 Å². The van der Waals surface area contributed by atoms with Crippen LogP contribution in [0, 0.1) is 0 Å². The molecule has 3 rings (SSSR count). The van der Waals surface area contributed by atoms with E-state index in [-0.39, 0.29) is 5.95 Å². The zero-order chi connectivity index (χ0) is 18.1. The lowest BCUT2D eigenvalue weighted by Crippen LogP contribution is -2.33. The summed E-state index contributed by atoms with van der Waals surface area (Å²) in [6, 6.07) is 0. The van der Waals surface area contributed by atoms with Gasteiger partial charge in [0.25, 0.3) is 0 Å². The fraction of sp³-hybridized carbons (Fsp3) is 0.533. The van der Waals surface area contributed by atoms with Gasteiger partial charge in [0.1, 0.15) is 18.3 Å². The molecule has 1 saturated heterocycles. The SMILES string of the molecule is C=C(C)CCNc1nc(N)nc2c1ncn2[C@@H]1O[C@H](CO)[C@@H](O)[C@H]1O. The summed E-state index contributed by atoms with van der Waals surface area (Å²) in [5.74, 6) is 0.507. The average molecular weight is 350 g/mol. The largest absolute Gasteiger partial charge is 0.394 e. The molecule has 0 amide bonds. The molecule has 0 radical (unpaired) electrons. The Kier molecular flexibility index (Phi) is 4.86. The van der Waals surface area contributed by atoms with E-state index < -0.39 is 31.1 Å². The Morgan fingerprint density at radius 2 is 2.16 bits per heavy atom. The molecule has 0 saturated carbocycles. The number of nitrogens with zero attached hydrogens (tertiary/aromatic N) is 4. The lowest BCUT2D eigenvalue weighted by atomic mass is 10.1. The monoisotopic (exact) mass is 350 g/mol. The summed E-state index contributed by atoms with van der Waals surface area (Å²) < 4.78 is 6.99. The summed E-state index contributed by atoms with van der Waals surface area (Å²) in [5.41, 5.74) is 7.64. The molecule has 0 aliphatic carbocycles. The molecule has 10 nitrogen and oxygen atoms in total. The average Bonchev–Trinajstić information content (AvgIpc) is 3.09. The van der Waals surface area contributed by atoms with Gasteiger partial charge in [0, 0.05) is 6.54 Å². The number of imidazole rings is 1. The molecule has 0 spiro atoms. The van der Waals surface area contributed by atoms with Gasteiger partial charge in [-0.2, -0.15) is 9.97 Å². The number of ether oxygens (including phenoxy) is 1. The second kappa shape index (κ2) is 6.92. The number of rotatable bonds is 6. The number of hydrogen-bond acceptors (Lipinski definition) is 9. The van der Waals surface area contributed by atoms with Crippen molar-refractivity contribution in [1.29, 1.82) is 0 Å². The predicted octanol–water partition coefficient (Wildman–Crippen LogP) is -0.602. The van der Waals surface area contributed by atoms with Crippen molar-refractivity contribution in [2.45, 2.75) is 37.9 Å². The lowest BCUT2D eigenvalue weighted by Gasteiger charge is -2.16. The van der Waals surface area contributed by atoms with E-state index in [9.17, 15) is 15.3 Å². The smallest absolute Gasteiger partial charge is 0.224 e. The molecule has 4 atom stereocenters. The summed E-state index contributed by atoms with van der Waals surface area (Å²) >= 11 is 0. The van der Waals surface area contributed by atoms with E-state index in [4.69, 9.17) is 10.5 Å². The van der Waals surface area contributed by atoms with E-state index in [2.05, 4.69) is 26.8 Å². The number of nitrogens with two attached hydrogens (primary N) is 1. The van der Waals surface area contributed by atoms with Crippen LogP contribution in [-0.2, 0) is 4.74 Å². The summed E-state index contributed by atoms with van der Waals surface area (Å²) in [7, 11) is 0. The first kappa shape index (κ1) is 17.5. The van der Waals surface area contributed by atoms with Gasteiger partial charge < -0.3 is 31.1 Å². The molecule has 3 heterocycles. The third-order valence-electron chi connectivity index (χ3n) is 4.07. The van der Waals surface area contributed by atoms with Crippen LogP contribution in [0.15, 0.2) is 18.5 Å². The Labute approximate surface area is 144 Å². The van der Waals surface area contributed by atoms with Gasteiger partial charge in [-0.15, -0.1) is 6.58 Å². The Hall–Kier alpha value is -2.27. The minimum Gasteiger partial charge on any atom is -0.394 e. The molecule has 1 fully saturated rings. The Balaban J connectivity index is 1.93. The fourth-order valence-electron chi connectivity index (χ4n) is 2.75. The minimum atomic E-state index is -1.23. The Morgan fingerprint density at radius 3 is 2.80 bits per heavy atom. The summed E-state index contributed by atoms with van der Waals surface area (Å²) in [5, 5.41) is 32.5. The summed E-state index contributed by atoms with van der Waals surface area (Å²) in [6.07, 6.45) is -2.06. The van der Waals surface area contributed by atoms with E-state index in [1.165, 1.54) is 10.9 Å². The fourth-order valence-corrected chi connectivity index (χ4v) is 2.75. The molecular weight excluding hydrogens is 328 g/mol. The van der Waals surface area contributed by atoms with Gasteiger partial charge in [0.2, 0.25) is 5.95 Å². The zero-order valence-electron chi connectivity index (χ0n) is 13.8. The number of aliphatic hydroxyl groups excluding tert-OH is 3. The number of nitrogens with one attached hydrogen (secondary N) is 1. The van der Waals surface area contributed by atoms with E-state index >= 15 is 0 Å². The first-order chi connectivity index (χ1) is 11.9. The number of nitrogen functional groups attached to an aromatic ring is 1. The first-order valence-corrected chi connectivity index (χ1v) is 7.93. The molecule has 0 aromatic carbocycles. The molecular formula is C15H22N6O4. The van der Waals surface area contributed by atoms with Crippen molar-refractivity contribution in [3.05, 3.63) is 18.5 Å². The van der Waals surface area contributed by atoms with Crippen LogP contribution in [-0.4, -0.2) is 66.3 Å². The van der Waals surface area contributed by atoms with Crippen molar-refractivity contribution < 1.29 is 20.1 Å². The van der Waals surface area contributed by atoms with Crippen LogP contribution in [0.5, 0.6) is 0 Å². The second-order valence-electron chi connectivity index (χ2n) is 6.12. The quantitative estimate of drug-likeness (QED) is 0.430. The Morgan fingerprint density at radius 1 is 1.40 bits per heavy atom. The van der Waals surface area contributed by atoms with Crippen LogP contribution < -0.4 is 11.1 Å². The number of aromatic nitrogens is 4. The van der Waals surface area contributed by atoms with Crippen molar-refractivity contribution in [1.82, 2.24) is 19.5 Å². The van der Waals surface area contributed by atoms with Crippen LogP contribution in [0.4, 0.5) is 11.8 Å². The molecule has 10 heteroatoms. The highest BCUT2D eigenvalue weighted by molar-refractivity contribution is 5.84. The normalized spacial score (nSPS) is 26.2. The van der Waals surface area contributed by atoms with Gasteiger partial charge >= 0.3 is 0 Å². The van der Waals surface area contributed by atoms with Crippen molar-refractivity contribution >= 4 is 22.9 Å². The van der Waals surface area contributed by atoms with Crippen molar-refractivity contribution in [3.63, 3.8) is 0 Å². The minimum absolute atomic E-state index is 0.0406. The van der Waals surface area contributed by atoms with Gasteiger partial charge in [-0.25, -0.2) is 4.98 Å². The van der Waals surface area contributed by atoms with Gasteiger partial charge in [0.15, 0.2) is 23.2 Å². The molecule has 1 aliphatic heterocycles. The van der Waals surface area contributed by atoms with E-state index in [1.807, 2.05) is 6.92 Å². The summed E-state index contributed by atoms with van der Waals surface area (Å²) in [4.78, 5) is 12.6. The third kappa shape index (κ3) is 3.29. The predicted molar refractivity (Wildman–Crippen MR) is 90.7 cm³/mol. The van der Waals surface area contributed by atoms with Gasteiger partial charge in [-0.1, -0.05) is 5.57 Å². The van der Waals surface area contributed by atoms with Crippen molar-refractivity contribution in [2.24, 2.45) is 0 Å². The second-order valence-corrected chi connectivity index (χ2v) is 6.12. The molecule has 0 bridgehead atoms. The van der Waals surface area contributed by atoms with Gasteiger partial charge in [-0.05, 0) is 13.3 Å². The number of hydrogen-bond donors (Lipinski definition) is 5. The standard InChI is InChI=1S/C15H22N6O4/c1-7(2)3-4-17-12-9-13(20-15(16)19-12)21(6-18-9)14-11(24)10(23)8(5-22)25-14/h6,8,10-11,14,22-24H,1,3-5H2,2H3,(H3,16,17,19,20)/t8-,10-,11-,14-/m1/s1. The van der Waals surface area contributed by atoms with Crippen molar-refractivity contribution in [3.8, 4) is 0 Å². The maximum absolute atomic E-state index is 10.2. The topological polar surface area (TPSA) is 152 Å². The molecule has 25 heavy (non-hydrogen) atoms. The Bertz CT molecular complexity index is 779. The summed E-state index contributed by atoms with van der Waals surface area (Å²) in [6.45, 7) is 5.98. The molecule has 0 unspecified atom stereocenters. The molecule has 2 aromatic rings. The maximum atomic E-state index is 10.2. The molecule has 6 N–H and O–H groups in total. The lowest BCUT2D eigenvalue weighted by molar-refractivity contribution is -0.0511. The molecule has 2 aromatic heterocycles. The van der Waals surface area contributed by atoms with Crippen LogP contribution in [0.25, 0.3) is 11.2 Å². The van der Waals surface area contributed by atoms with Gasteiger partial charge in [0.05, 0.1) is 12.9 Å². The maximum Gasteiger partial charge on any atom is 0.224 e. The highest BCUT2D eigenvalue weighted by Crippen LogP contribution is 2.32. The molecule has 136 valence electrons. The van der Waals surface area contributed by atoms with E-state index in [0.29, 0.717) is 23.5 Å². The van der Waals surface area contributed by atoms with E-state index in [0.717, 1.165) is 12.0 Å².